The highest BCUT2D eigenvalue weighted by Gasteiger charge is 2.65. The van der Waals surface area contributed by atoms with Crippen LogP contribution in [-0.2, 0) is 32.6 Å². The van der Waals surface area contributed by atoms with Gasteiger partial charge < -0.3 is 34.3 Å². The molecule has 0 aliphatic carbocycles. The molecule has 17 heteroatoms. The number of hydrogen-bond acceptors (Lipinski definition) is 13. The topological polar surface area (TPSA) is 206 Å². The van der Waals surface area contributed by atoms with Gasteiger partial charge in [0.25, 0.3) is 0 Å². The van der Waals surface area contributed by atoms with Crippen LogP contribution in [0.1, 0.15) is 141 Å². The molecule has 1 aromatic carbocycles. The normalized spacial score (nSPS) is 22.1. The molecule has 3 aromatic rings. The molecule has 6 atom stereocenters. The Morgan fingerprint density at radius 3 is 2.20 bits per heavy atom. The summed E-state index contributed by atoms with van der Waals surface area (Å²) >= 11 is 0. The van der Waals surface area contributed by atoms with Gasteiger partial charge in [-0.3, -0.25) is 9.05 Å². The van der Waals surface area contributed by atoms with Crippen LogP contribution in [0.25, 0.3) is 5.52 Å². The molecule has 3 N–H and O–H groups in total. The summed E-state index contributed by atoms with van der Waals surface area (Å²) in [6.45, 7) is 5.10. The van der Waals surface area contributed by atoms with E-state index in [9.17, 15) is 24.4 Å². The van der Waals surface area contributed by atoms with E-state index in [0.29, 0.717) is 17.8 Å². The summed E-state index contributed by atoms with van der Waals surface area (Å²) in [4.78, 5) is 14.9. The van der Waals surface area contributed by atoms with E-state index in [2.05, 4.69) is 23.1 Å². The summed E-state index contributed by atoms with van der Waals surface area (Å²) in [5, 5.41) is 24.1. The van der Waals surface area contributed by atoms with Crippen LogP contribution < -0.4 is 10.5 Å². The van der Waals surface area contributed by atoms with Crippen LogP contribution in [0.2, 0.25) is 0 Å². The molecule has 2 unspecified atom stereocenters. The number of nitrogen functional groups attached to an aromatic ring is 1. The van der Waals surface area contributed by atoms with Crippen LogP contribution in [0.15, 0.2) is 36.7 Å². The third-order valence-corrected chi connectivity index (χ3v) is 12.0. The maximum atomic E-state index is 14.1. The molecule has 0 bridgehead atoms. The average molecular weight is 871 g/mol. The van der Waals surface area contributed by atoms with Gasteiger partial charge in [0.1, 0.15) is 54.4 Å². The van der Waals surface area contributed by atoms with Crippen molar-refractivity contribution in [2.75, 3.05) is 38.8 Å². The number of ether oxygens (including phenoxy) is 5. The largest absolute Gasteiger partial charge is 0.493 e. The molecule has 0 saturated carbocycles. The van der Waals surface area contributed by atoms with Crippen molar-refractivity contribution in [1.29, 1.82) is 10.5 Å². The number of anilines is 1. The van der Waals surface area contributed by atoms with Crippen LogP contribution in [0, 0.1) is 34.4 Å². The van der Waals surface area contributed by atoms with E-state index in [-0.39, 0.29) is 37.0 Å². The Kier molecular flexibility index (Phi) is 18.7. The zero-order valence-corrected chi connectivity index (χ0v) is 36.9. The van der Waals surface area contributed by atoms with Gasteiger partial charge >= 0.3 is 7.82 Å². The monoisotopic (exact) mass is 870 g/mol. The Morgan fingerprint density at radius 2 is 1.56 bits per heavy atom. The van der Waals surface area contributed by atoms with Crippen molar-refractivity contribution in [2.45, 2.75) is 153 Å². The number of phosphoric ester groups is 1. The van der Waals surface area contributed by atoms with E-state index in [0.717, 1.165) is 31.4 Å². The SMILES string of the molecule is CCCCCCCCCCCCCCCCCCOCC(COc1cc(F)cc(C#N)c1)COP(=O)(O)OC[C@@]1(C#N)O[C@@H](c2ccc3c(N)ncnn23)[C@@H]2OC(C)(C)O[C@@H]21. The number of hydrogen-bond donors (Lipinski definition) is 2. The van der Waals surface area contributed by atoms with Crippen LogP contribution >= 0.6 is 7.82 Å². The van der Waals surface area contributed by atoms with Gasteiger partial charge in [0.05, 0.1) is 37.1 Å². The number of halogens is 1. The van der Waals surface area contributed by atoms with Crippen LogP contribution in [0.5, 0.6) is 5.75 Å². The number of nitriles is 2. The predicted molar refractivity (Wildman–Crippen MR) is 226 cm³/mol. The van der Waals surface area contributed by atoms with Gasteiger partial charge in [-0.2, -0.15) is 15.6 Å². The number of aromatic nitrogens is 3. The second-order valence-corrected chi connectivity index (χ2v) is 18.1. The lowest BCUT2D eigenvalue weighted by Gasteiger charge is -2.29. The molecule has 0 radical (unpaired) electrons. The van der Waals surface area contributed by atoms with Gasteiger partial charge in [-0.05, 0) is 44.5 Å². The van der Waals surface area contributed by atoms with E-state index >= 15 is 0 Å². The lowest BCUT2D eigenvalue weighted by atomic mass is 9.96. The maximum Gasteiger partial charge on any atom is 0.472 e. The number of rotatable bonds is 29. The van der Waals surface area contributed by atoms with Crippen LogP contribution in [0.3, 0.4) is 0 Å². The fourth-order valence-corrected chi connectivity index (χ4v) is 8.70. The van der Waals surface area contributed by atoms with Crippen molar-refractivity contribution in [3.8, 4) is 17.9 Å². The van der Waals surface area contributed by atoms with Crippen molar-refractivity contribution in [2.24, 2.45) is 5.92 Å². The molecule has 336 valence electrons. The Labute approximate surface area is 359 Å². The van der Waals surface area contributed by atoms with Crippen LogP contribution in [0.4, 0.5) is 10.2 Å². The number of nitrogens with two attached hydrogens (primary N) is 1. The fourth-order valence-electron chi connectivity index (χ4n) is 7.87. The summed E-state index contributed by atoms with van der Waals surface area (Å²) in [6.07, 6.45) is 18.8. The van der Waals surface area contributed by atoms with Crippen LogP contribution in [-0.4, -0.2) is 76.1 Å². The molecule has 5 rings (SSSR count). The summed E-state index contributed by atoms with van der Waals surface area (Å²) in [7, 11) is -4.83. The van der Waals surface area contributed by atoms with E-state index in [1.165, 1.54) is 100 Å². The molecule has 61 heavy (non-hydrogen) atoms. The Morgan fingerprint density at radius 1 is 0.902 bits per heavy atom. The first-order valence-corrected chi connectivity index (χ1v) is 23.4. The van der Waals surface area contributed by atoms with Crippen molar-refractivity contribution >= 4 is 19.2 Å². The molecule has 0 amide bonds. The van der Waals surface area contributed by atoms with Gasteiger partial charge in [-0.25, -0.2) is 18.5 Å². The summed E-state index contributed by atoms with van der Waals surface area (Å²) in [6, 6.07) is 11.1. The molecule has 2 aliphatic heterocycles. The average Bonchev–Trinajstić information content (AvgIpc) is 3.90. The third kappa shape index (κ3) is 14.4. The molecule has 15 nitrogen and oxygen atoms in total. The fraction of sp³-hybridized carbons (Fsp3) is 0.682. The number of nitrogens with zero attached hydrogens (tertiary/aromatic N) is 5. The lowest BCUT2D eigenvalue weighted by Crippen LogP contribution is -2.45. The number of unbranched alkanes of at least 4 members (excludes halogenated alkanes) is 15. The first kappa shape index (κ1) is 48.3. The van der Waals surface area contributed by atoms with Crippen molar-refractivity contribution < 1.29 is 46.6 Å². The van der Waals surface area contributed by atoms with Crippen molar-refractivity contribution in [3.05, 3.63) is 53.7 Å². The first-order chi connectivity index (χ1) is 29.4. The molecule has 2 aromatic heterocycles. The van der Waals surface area contributed by atoms with Gasteiger partial charge in [0.2, 0.25) is 5.60 Å². The van der Waals surface area contributed by atoms with E-state index in [1.807, 2.05) is 6.07 Å². The minimum absolute atomic E-state index is 0.0798. The Balaban J connectivity index is 1.09. The summed E-state index contributed by atoms with van der Waals surface area (Å²) in [5.41, 5.74) is 5.27. The van der Waals surface area contributed by atoms with Gasteiger partial charge in [0, 0.05) is 18.6 Å². The molecular formula is C44H64FN6O9P. The standard InChI is InChI=1S/C44H64FN6O9P/c1-4-5-6-7-8-9-10-11-12-13-14-15-16-17-18-19-22-54-27-34(28-55-36-24-33(26-46)23-35(45)25-36)29-56-61(52,53)57-31-44(30-47)41-40(58-43(2,3)60-41)39(59-44)37-20-21-38-42(48)49-32-50-51(37)38/h20-21,23-25,32,34,39-41H,4-19,22,27-29,31H2,1-3H3,(H,52,53)(H2,48,49,50)/t34?,39-,40-,41-,44+/m0/s1. The summed E-state index contributed by atoms with van der Waals surface area (Å²) < 4.78 is 70.3. The molecular weight excluding hydrogens is 806 g/mol. The summed E-state index contributed by atoms with van der Waals surface area (Å²) in [5.74, 6) is -1.99. The van der Waals surface area contributed by atoms with Crippen molar-refractivity contribution in [3.63, 3.8) is 0 Å². The quantitative estimate of drug-likeness (QED) is 0.0493. The van der Waals surface area contributed by atoms with Gasteiger partial charge in [-0.1, -0.05) is 103 Å². The highest BCUT2D eigenvalue weighted by atomic mass is 31.2. The highest BCUT2D eigenvalue weighted by molar-refractivity contribution is 7.47. The zero-order chi connectivity index (χ0) is 43.7. The second-order valence-electron chi connectivity index (χ2n) is 16.6. The zero-order valence-electron chi connectivity index (χ0n) is 36.0. The van der Waals surface area contributed by atoms with Crippen molar-refractivity contribution in [1.82, 2.24) is 14.6 Å². The molecule has 2 saturated heterocycles. The number of benzene rings is 1. The van der Waals surface area contributed by atoms with E-state index in [1.54, 1.807) is 26.0 Å². The third-order valence-electron chi connectivity index (χ3n) is 11.1. The number of fused-ring (bicyclic) bond motifs is 2. The second kappa shape index (κ2) is 23.7. The molecule has 0 spiro atoms. The predicted octanol–water partition coefficient (Wildman–Crippen LogP) is 9.28. The molecule has 2 fully saturated rings. The van der Waals surface area contributed by atoms with E-state index in [4.69, 9.17) is 38.5 Å². The highest BCUT2D eigenvalue weighted by Crippen LogP contribution is 2.52. The van der Waals surface area contributed by atoms with Gasteiger partial charge in [-0.15, -0.1) is 0 Å². The van der Waals surface area contributed by atoms with E-state index < -0.39 is 55.9 Å². The maximum absolute atomic E-state index is 14.1. The molecule has 2 aliphatic rings. The first-order valence-electron chi connectivity index (χ1n) is 21.9. The molecule has 4 heterocycles. The Hall–Kier alpha value is -3.70. The Bertz CT molecular complexity index is 1960. The lowest BCUT2D eigenvalue weighted by molar-refractivity contribution is -0.204. The number of phosphoric acid groups is 1. The minimum atomic E-state index is -4.83. The van der Waals surface area contributed by atoms with Gasteiger partial charge in [0.15, 0.2) is 11.6 Å². The minimum Gasteiger partial charge on any atom is -0.493 e. The smallest absolute Gasteiger partial charge is 0.472 e.